The van der Waals surface area contributed by atoms with Crippen LogP contribution in [0.2, 0.25) is 5.28 Å². The quantitative estimate of drug-likeness (QED) is 0.811. The molecule has 2 rings (SSSR count). The zero-order chi connectivity index (χ0) is 12.3. The van der Waals surface area contributed by atoms with Gasteiger partial charge in [-0.15, -0.1) is 0 Å². The molecule has 1 heterocycles. The highest BCUT2D eigenvalue weighted by molar-refractivity contribution is 9.10. The first-order chi connectivity index (χ1) is 8.16. The van der Waals surface area contributed by atoms with Crippen molar-refractivity contribution in [1.82, 2.24) is 9.97 Å². The third-order valence-corrected chi connectivity index (χ3v) is 2.73. The summed E-state index contributed by atoms with van der Waals surface area (Å²) < 4.78 is 19.3. The zero-order valence-corrected chi connectivity index (χ0v) is 10.9. The molecular formula is C11H7BrClFN2O. The lowest BCUT2D eigenvalue weighted by molar-refractivity contribution is 0.285. The first-order valence-electron chi connectivity index (χ1n) is 4.71. The minimum Gasteiger partial charge on any atom is -0.472 e. The van der Waals surface area contributed by atoms with Gasteiger partial charge in [-0.3, -0.25) is 0 Å². The van der Waals surface area contributed by atoms with Gasteiger partial charge in [0.25, 0.3) is 0 Å². The predicted octanol–water partition coefficient (Wildman–Crippen LogP) is 3.61. The SMILES string of the molecule is Fc1ccccc1COc1nc(Cl)ncc1Br. The maximum Gasteiger partial charge on any atom is 0.232 e. The number of rotatable bonds is 3. The molecule has 6 heteroatoms. The van der Waals surface area contributed by atoms with Crippen LogP contribution in [0.25, 0.3) is 0 Å². The number of ether oxygens (including phenoxy) is 1. The molecule has 0 aliphatic rings. The molecule has 17 heavy (non-hydrogen) atoms. The van der Waals surface area contributed by atoms with Crippen LogP contribution in [0.3, 0.4) is 0 Å². The smallest absolute Gasteiger partial charge is 0.232 e. The Morgan fingerprint density at radius 3 is 2.88 bits per heavy atom. The van der Waals surface area contributed by atoms with Crippen molar-refractivity contribution < 1.29 is 9.13 Å². The fourth-order valence-electron chi connectivity index (χ4n) is 1.19. The van der Waals surface area contributed by atoms with E-state index in [4.69, 9.17) is 16.3 Å². The molecule has 0 amide bonds. The number of aromatic nitrogens is 2. The monoisotopic (exact) mass is 316 g/mol. The Morgan fingerprint density at radius 1 is 1.35 bits per heavy atom. The number of halogens is 3. The van der Waals surface area contributed by atoms with Gasteiger partial charge >= 0.3 is 0 Å². The van der Waals surface area contributed by atoms with Crippen LogP contribution in [0.15, 0.2) is 34.9 Å². The second kappa shape index (κ2) is 5.42. The van der Waals surface area contributed by atoms with E-state index in [-0.39, 0.29) is 23.6 Å². The fourth-order valence-corrected chi connectivity index (χ4v) is 1.63. The molecule has 1 aromatic heterocycles. The minimum absolute atomic E-state index is 0.0803. The molecule has 0 bridgehead atoms. The van der Waals surface area contributed by atoms with Crippen molar-refractivity contribution in [1.29, 1.82) is 0 Å². The Hall–Kier alpha value is -1.20. The summed E-state index contributed by atoms with van der Waals surface area (Å²) in [5.74, 6) is -0.0305. The lowest BCUT2D eigenvalue weighted by Crippen LogP contribution is -2.01. The number of benzene rings is 1. The van der Waals surface area contributed by atoms with Crippen molar-refractivity contribution in [3.05, 3.63) is 51.6 Å². The van der Waals surface area contributed by atoms with Crippen LogP contribution in [0.4, 0.5) is 4.39 Å². The van der Waals surface area contributed by atoms with Crippen molar-refractivity contribution in [2.45, 2.75) is 6.61 Å². The van der Waals surface area contributed by atoms with E-state index in [0.29, 0.717) is 10.0 Å². The molecule has 88 valence electrons. The van der Waals surface area contributed by atoms with Crippen LogP contribution in [-0.4, -0.2) is 9.97 Å². The van der Waals surface area contributed by atoms with Crippen molar-refractivity contribution in [2.24, 2.45) is 0 Å². The van der Waals surface area contributed by atoms with E-state index >= 15 is 0 Å². The molecule has 0 aliphatic heterocycles. The summed E-state index contributed by atoms with van der Waals surface area (Å²) >= 11 is 8.85. The summed E-state index contributed by atoms with van der Waals surface area (Å²) in [6.45, 7) is 0.0820. The summed E-state index contributed by atoms with van der Waals surface area (Å²) in [6, 6.07) is 6.38. The number of hydrogen-bond donors (Lipinski definition) is 0. The van der Waals surface area contributed by atoms with Crippen LogP contribution in [0.1, 0.15) is 5.56 Å². The van der Waals surface area contributed by atoms with Gasteiger partial charge < -0.3 is 4.74 Å². The third kappa shape index (κ3) is 3.14. The number of nitrogens with zero attached hydrogens (tertiary/aromatic N) is 2. The Balaban J connectivity index is 2.12. The van der Waals surface area contributed by atoms with Gasteiger partial charge in [-0.1, -0.05) is 18.2 Å². The molecule has 0 unspecified atom stereocenters. The fraction of sp³-hybridized carbons (Fsp3) is 0.0909. The zero-order valence-electron chi connectivity index (χ0n) is 8.53. The molecule has 0 spiro atoms. The lowest BCUT2D eigenvalue weighted by atomic mass is 10.2. The van der Waals surface area contributed by atoms with Crippen LogP contribution >= 0.6 is 27.5 Å². The number of hydrogen-bond acceptors (Lipinski definition) is 3. The van der Waals surface area contributed by atoms with Gasteiger partial charge in [0, 0.05) is 11.8 Å². The van der Waals surface area contributed by atoms with Crippen molar-refractivity contribution in [3.63, 3.8) is 0 Å². The van der Waals surface area contributed by atoms with Gasteiger partial charge in [0.1, 0.15) is 12.4 Å². The van der Waals surface area contributed by atoms with Crippen molar-refractivity contribution in [2.75, 3.05) is 0 Å². The largest absolute Gasteiger partial charge is 0.472 e. The average molecular weight is 318 g/mol. The second-order valence-corrected chi connectivity index (χ2v) is 4.36. The van der Waals surface area contributed by atoms with Crippen LogP contribution in [-0.2, 0) is 6.61 Å². The highest BCUT2D eigenvalue weighted by Crippen LogP contribution is 2.23. The Labute approximate surface area is 111 Å². The van der Waals surface area contributed by atoms with Crippen molar-refractivity contribution in [3.8, 4) is 5.88 Å². The maximum atomic E-state index is 13.3. The maximum absolute atomic E-state index is 13.3. The van der Waals surface area contributed by atoms with E-state index in [0.717, 1.165) is 0 Å². The molecule has 3 nitrogen and oxygen atoms in total. The first kappa shape index (κ1) is 12.3. The molecule has 0 saturated carbocycles. The predicted molar refractivity (Wildman–Crippen MR) is 65.5 cm³/mol. The highest BCUT2D eigenvalue weighted by atomic mass is 79.9. The molecule has 0 fully saturated rings. The molecular weight excluding hydrogens is 310 g/mol. The van der Waals surface area contributed by atoms with E-state index in [9.17, 15) is 4.39 Å². The van der Waals surface area contributed by atoms with Crippen LogP contribution < -0.4 is 4.74 Å². The molecule has 1 aromatic carbocycles. The molecule has 2 aromatic rings. The van der Waals surface area contributed by atoms with E-state index in [1.807, 2.05) is 0 Å². The van der Waals surface area contributed by atoms with Crippen LogP contribution in [0, 0.1) is 5.82 Å². The minimum atomic E-state index is -0.316. The van der Waals surface area contributed by atoms with Crippen LogP contribution in [0.5, 0.6) is 5.88 Å². The van der Waals surface area contributed by atoms with Gasteiger partial charge in [0.15, 0.2) is 0 Å². The third-order valence-electron chi connectivity index (χ3n) is 2.00. The van der Waals surface area contributed by atoms with E-state index in [1.165, 1.54) is 12.3 Å². The summed E-state index contributed by atoms with van der Waals surface area (Å²) in [7, 11) is 0. The molecule has 0 saturated heterocycles. The molecule has 0 aliphatic carbocycles. The van der Waals surface area contributed by atoms with Gasteiger partial charge in [0.2, 0.25) is 11.2 Å². The standard InChI is InChI=1S/C11H7BrClFN2O/c12-8-5-15-11(13)16-10(8)17-6-7-3-1-2-4-9(7)14/h1-5H,6H2. The molecule has 0 N–H and O–H groups in total. The van der Waals surface area contributed by atoms with Gasteiger partial charge in [-0.05, 0) is 33.6 Å². The van der Waals surface area contributed by atoms with E-state index in [1.54, 1.807) is 18.2 Å². The van der Waals surface area contributed by atoms with Gasteiger partial charge in [0.05, 0.1) is 4.47 Å². The Bertz CT molecular complexity index is 539. The second-order valence-electron chi connectivity index (χ2n) is 3.17. The molecule has 0 radical (unpaired) electrons. The van der Waals surface area contributed by atoms with Gasteiger partial charge in [-0.25, -0.2) is 9.37 Å². The van der Waals surface area contributed by atoms with E-state index < -0.39 is 0 Å². The first-order valence-corrected chi connectivity index (χ1v) is 5.88. The summed E-state index contributed by atoms with van der Waals surface area (Å²) in [4.78, 5) is 7.65. The summed E-state index contributed by atoms with van der Waals surface area (Å²) in [6.07, 6.45) is 1.48. The highest BCUT2D eigenvalue weighted by Gasteiger charge is 2.07. The van der Waals surface area contributed by atoms with Gasteiger partial charge in [-0.2, -0.15) is 4.98 Å². The summed E-state index contributed by atoms with van der Waals surface area (Å²) in [5, 5.41) is 0.0803. The Morgan fingerprint density at radius 2 is 2.12 bits per heavy atom. The normalized spacial score (nSPS) is 10.3. The molecule has 0 atom stereocenters. The lowest BCUT2D eigenvalue weighted by Gasteiger charge is -2.07. The Kier molecular flexibility index (Phi) is 3.91. The topological polar surface area (TPSA) is 35.0 Å². The average Bonchev–Trinajstić information content (AvgIpc) is 2.32. The summed E-state index contributed by atoms with van der Waals surface area (Å²) in [5.41, 5.74) is 0.453. The van der Waals surface area contributed by atoms with Crippen molar-refractivity contribution >= 4 is 27.5 Å². The van der Waals surface area contributed by atoms with E-state index in [2.05, 4.69) is 25.9 Å².